The Hall–Kier alpha value is -2.89. The minimum atomic E-state index is -4.10. The van der Waals surface area contributed by atoms with Gasteiger partial charge in [-0.2, -0.15) is 0 Å². The molecule has 0 radical (unpaired) electrons. The average molecular weight is 550 g/mol. The van der Waals surface area contributed by atoms with Gasteiger partial charge in [0.1, 0.15) is 5.02 Å². The minimum Gasteiger partial charge on any atom is -0.280 e. The van der Waals surface area contributed by atoms with Gasteiger partial charge in [0.2, 0.25) is 0 Å². The van der Waals surface area contributed by atoms with Gasteiger partial charge >= 0.3 is 0 Å². The minimum absolute atomic E-state index is 0.149. The number of carbonyl (C=O) groups is 2. The molecule has 190 valence electrons. The van der Waals surface area contributed by atoms with E-state index >= 15 is 0 Å². The number of nitro benzene ring substituents is 1. The summed E-state index contributed by atoms with van der Waals surface area (Å²) in [4.78, 5) is 37.3. The topological polar surface area (TPSA) is 127 Å². The molecule has 1 aliphatic heterocycles. The molecule has 0 spiro atoms. The zero-order valence-electron chi connectivity index (χ0n) is 19.3. The zero-order valence-corrected chi connectivity index (χ0v) is 21.7. The Labute approximate surface area is 218 Å². The molecule has 2 fully saturated rings. The van der Waals surface area contributed by atoms with Crippen LogP contribution in [0.4, 0.5) is 16.2 Å². The first kappa shape index (κ1) is 26.2. The predicted octanol–water partition coefficient (Wildman–Crippen LogP) is 6.05. The van der Waals surface area contributed by atoms with Crippen molar-refractivity contribution in [2.75, 3.05) is 4.72 Å². The number of nitro groups is 1. The second kappa shape index (κ2) is 10.6. The number of benzene rings is 2. The number of anilines is 1. The van der Waals surface area contributed by atoms with E-state index in [-0.39, 0.29) is 32.8 Å². The molecule has 1 heterocycles. The summed E-state index contributed by atoms with van der Waals surface area (Å²) in [6.45, 7) is 1.94. The van der Waals surface area contributed by atoms with Crippen molar-refractivity contribution in [3.05, 3.63) is 68.1 Å². The van der Waals surface area contributed by atoms with Gasteiger partial charge in [-0.05, 0) is 73.4 Å². The van der Waals surface area contributed by atoms with Crippen molar-refractivity contribution in [1.29, 1.82) is 0 Å². The van der Waals surface area contributed by atoms with E-state index in [4.69, 9.17) is 11.6 Å². The standard InChI is InChI=1S/C24H24ClN3O6S2/c1-15(17-5-3-2-4-6-17)27-23(29)22(35-24(27)30)13-16-7-9-18(10-8-16)26-36(33,34)19-11-12-20(25)21(14-19)28(31)32/h7-15,17,26H,2-6H2,1H3. The van der Waals surface area contributed by atoms with Gasteiger partial charge in [0.05, 0.1) is 14.7 Å². The lowest BCUT2D eigenvalue weighted by Gasteiger charge is -2.32. The van der Waals surface area contributed by atoms with Crippen LogP contribution in [0.2, 0.25) is 5.02 Å². The Morgan fingerprint density at radius 2 is 1.81 bits per heavy atom. The van der Waals surface area contributed by atoms with Gasteiger partial charge in [-0.25, -0.2) is 8.42 Å². The molecular weight excluding hydrogens is 526 g/mol. The van der Waals surface area contributed by atoms with Crippen molar-refractivity contribution in [2.24, 2.45) is 5.92 Å². The Morgan fingerprint density at radius 1 is 1.14 bits per heavy atom. The van der Waals surface area contributed by atoms with Gasteiger partial charge in [0.15, 0.2) is 0 Å². The molecule has 0 aromatic heterocycles. The molecule has 1 unspecified atom stereocenters. The molecule has 1 N–H and O–H groups in total. The fourth-order valence-corrected chi connectivity index (χ4v) is 6.65. The van der Waals surface area contributed by atoms with E-state index in [9.17, 15) is 28.1 Å². The summed E-state index contributed by atoms with van der Waals surface area (Å²) >= 11 is 6.67. The van der Waals surface area contributed by atoms with Gasteiger partial charge in [0.25, 0.3) is 26.9 Å². The van der Waals surface area contributed by atoms with Gasteiger partial charge in [0, 0.05) is 17.8 Å². The van der Waals surface area contributed by atoms with Crippen LogP contribution in [0.1, 0.15) is 44.6 Å². The molecule has 0 bridgehead atoms. The lowest BCUT2D eigenvalue weighted by molar-refractivity contribution is -0.384. The van der Waals surface area contributed by atoms with Crippen molar-refractivity contribution in [2.45, 2.75) is 50.0 Å². The van der Waals surface area contributed by atoms with Crippen LogP contribution in [-0.2, 0) is 14.8 Å². The van der Waals surface area contributed by atoms with Crippen LogP contribution < -0.4 is 4.72 Å². The molecule has 1 atom stereocenters. The van der Waals surface area contributed by atoms with E-state index in [1.165, 1.54) is 29.5 Å². The first-order valence-corrected chi connectivity index (χ1v) is 14.1. The second-order valence-corrected chi connectivity index (χ2v) is 11.9. The number of sulfonamides is 1. The summed E-state index contributed by atoms with van der Waals surface area (Å²) in [5.74, 6) is 0.0122. The number of rotatable bonds is 7. The monoisotopic (exact) mass is 549 g/mol. The quantitative estimate of drug-likeness (QED) is 0.253. The first-order valence-electron chi connectivity index (χ1n) is 11.4. The number of imide groups is 1. The van der Waals surface area contributed by atoms with Crippen molar-refractivity contribution >= 4 is 62.0 Å². The molecule has 2 aromatic carbocycles. The summed E-state index contributed by atoms with van der Waals surface area (Å²) in [7, 11) is -4.10. The van der Waals surface area contributed by atoms with Crippen molar-refractivity contribution in [1.82, 2.24) is 4.90 Å². The molecule has 12 heteroatoms. The SMILES string of the molecule is CC(C1CCCCC1)N1C(=O)SC(=Cc2ccc(NS(=O)(=O)c3ccc(Cl)c([N+](=O)[O-])c3)cc2)C1=O. The van der Waals surface area contributed by atoms with Crippen molar-refractivity contribution in [3.63, 3.8) is 0 Å². The first-order chi connectivity index (χ1) is 17.1. The Morgan fingerprint density at radius 3 is 2.44 bits per heavy atom. The van der Waals surface area contributed by atoms with Gasteiger partial charge in [-0.15, -0.1) is 0 Å². The van der Waals surface area contributed by atoms with Crippen LogP contribution in [0.3, 0.4) is 0 Å². The molecule has 4 rings (SSSR count). The zero-order chi connectivity index (χ0) is 26.0. The third-order valence-corrected chi connectivity index (χ3v) is 9.03. The average Bonchev–Trinajstić information content (AvgIpc) is 3.12. The van der Waals surface area contributed by atoms with Crippen molar-refractivity contribution < 1.29 is 22.9 Å². The third-order valence-electron chi connectivity index (χ3n) is 6.45. The Kier molecular flexibility index (Phi) is 7.72. The lowest BCUT2D eigenvalue weighted by atomic mass is 9.84. The van der Waals surface area contributed by atoms with Crippen LogP contribution in [0.15, 0.2) is 52.3 Å². The summed E-state index contributed by atoms with van der Waals surface area (Å²) in [6, 6.07) is 9.30. The molecule has 1 saturated carbocycles. The molecule has 1 aliphatic carbocycles. The number of hydrogen-bond acceptors (Lipinski definition) is 7. The van der Waals surface area contributed by atoms with Crippen LogP contribution in [0.25, 0.3) is 6.08 Å². The highest BCUT2D eigenvalue weighted by atomic mass is 35.5. The fraction of sp³-hybridized carbons (Fsp3) is 0.333. The van der Waals surface area contributed by atoms with Crippen LogP contribution >= 0.6 is 23.4 Å². The molecule has 2 amide bonds. The van der Waals surface area contributed by atoms with E-state index in [2.05, 4.69) is 4.72 Å². The van der Waals surface area contributed by atoms with E-state index in [0.29, 0.717) is 16.4 Å². The molecule has 1 saturated heterocycles. The van der Waals surface area contributed by atoms with E-state index in [0.717, 1.165) is 49.6 Å². The van der Waals surface area contributed by atoms with Crippen LogP contribution in [0.5, 0.6) is 0 Å². The number of carbonyl (C=O) groups excluding carboxylic acids is 2. The molecule has 9 nitrogen and oxygen atoms in total. The summed E-state index contributed by atoms with van der Waals surface area (Å²) in [5.41, 5.74) is 0.335. The van der Waals surface area contributed by atoms with Gasteiger partial charge in [-0.3, -0.25) is 29.3 Å². The maximum Gasteiger partial charge on any atom is 0.293 e. The summed E-state index contributed by atoms with van der Waals surface area (Å²) < 4.78 is 27.7. The smallest absolute Gasteiger partial charge is 0.280 e. The fourth-order valence-electron chi connectivity index (χ4n) is 4.47. The number of amides is 2. The molecule has 2 aliphatic rings. The largest absolute Gasteiger partial charge is 0.293 e. The van der Waals surface area contributed by atoms with Crippen LogP contribution in [0, 0.1) is 16.0 Å². The molecule has 2 aromatic rings. The highest BCUT2D eigenvalue weighted by Gasteiger charge is 2.40. The highest BCUT2D eigenvalue weighted by molar-refractivity contribution is 8.18. The second-order valence-electron chi connectivity index (χ2n) is 8.79. The predicted molar refractivity (Wildman–Crippen MR) is 139 cm³/mol. The van der Waals surface area contributed by atoms with Gasteiger partial charge < -0.3 is 0 Å². The van der Waals surface area contributed by atoms with Crippen molar-refractivity contribution in [3.8, 4) is 0 Å². The van der Waals surface area contributed by atoms with Gasteiger partial charge in [-0.1, -0.05) is 43.0 Å². The van der Waals surface area contributed by atoms with E-state index in [1.54, 1.807) is 18.2 Å². The maximum absolute atomic E-state index is 13.0. The molecular formula is C24H24ClN3O6S2. The highest BCUT2D eigenvalue weighted by Crippen LogP contribution is 2.38. The normalized spacial score (nSPS) is 19.1. The summed E-state index contributed by atoms with van der Waals surface area (Å²) in [5, 5.41) is 10.6. The third kappa shape index (κ3) is 5.58. The Bertz CT molecular complexity index is 1340. The van der Waals surface area contributed by atoms with E-state index in [1.807, 2.05) is 6.92 Å². The van der Waals surface area contributed by atoms with Crippen LogP contribution in [-0.4, -0.2) is 35.4 Å². The Balaban J connectivity index is 1.47. The summed E-state index contributed by atoms with van der Waals surface area (Å²) in [6.07, 6.45) is 7.07. The number of nitrogens with zero attached hydrogens (tertiary/aromatic N) is 2. The maximum atomic E-state index is 13.0. The number of thioether (sulfide) groups is 1. The number of hydrogen-bond donors (Lipinski definition) is 1. The lowest BCUT2D eigenvalue weighted by Crippen LogP contribution is -2.42. The molecule has 36 heavy (non-hydrogen) atoms. The number of halogens is 1. The number of nitrogens with one attached hydrogen (secondary N) is 1. The van der Waals surface area contributed by atoms with E-state index < -0.39 is 20.6 Å².